The zero-order valence-electron chi connectivity index (χ0n) is 13.2. The van der Waals surface area contributed by atoms with Crippen molar-refractivity contribution in [3.05, 3.63) is 39.8 Å². The molecule has 0 unspecified atom stereocenters. The Morgan fingerprint density at radius 3 is 2.79 bits per heavy atom. The minimum absolute atomic E-state index is 0.153. The van der Waals surface area contributed by atoms with Gasteiger partial charge in [0.05, 0.1) is 28.4 Å². The molecule has 0 radical (unpaired) electrons. The SMILES string of the molecule is O=[N+]([O-])c1cc(Cl)cnc1Nc1cnn(CCN2CCCCC2)c1. The Balaban J connectivity index is 1.62. The quantitative estimate of drug-likeness (QED) is 0.636. The van der Waals surface area contributed by atoms with E-state index in [0.29, 0.717) is 5.69 Å². The van der Waals surface area contributed by atoms with E-state index in [1.54, 1.807) is 6.20 Å². The predicted molar refractivity (Wildman–Crippen MR) is 91.7 cm³/mol. The van der Waals surface area contributed by atoms with Gasteiger partial charge in [0.25, 0.3) is 0 Å². The largest absolute Gasteiger partial charge is 0.332 e. The van der Waals surface area contributed by atoms with Crippen molar-refractivity contribution in [2.75, 3.05) is 25.0 Å². The molecule has 3 rings (SSSR count). The highest BCUT2D eigenvalue weighted by molar-refractivity contribution is 6.30. The van der Waals surface area contributed by atoms with Crippen LogP contribution in [0.25, 0.3) is 0 Å². The van der Waals surface area contributed by atoms with Crippen molar-refractivity contribution in [3.63, 3.8) is 0 Å². The van der Waals surface area contributed by atoms with Crippen molar-refractivity contribution in [2.45, 2.75) is 25.8 Å². The fraction of sp³-hybridized carbons (Fsp3) is 0.467. The molecule has 1 saturated heterocycles. The molecule has 1 aliphatic rings. The predicted octanol–water partition coefficient (Wildman–Crippen LogP) is 3.07. The molecular weight excluding hydrogens is 332 g/mol. The van der Waals surface area contributed by atoms with E-state index in [4.69, 9.17) is 11.6 Å². The van der Waals surface area contributed by atoms with Crippen molar-refractivity contribution in [2.24, 2.45) is 0 Å². The van der Waals surface area contributed by atoms with Gasteiger partial charge in [0.15, 0.2) is 0 Å². The third kappa shape index (κ3) is 4.21. The fourth-order valence-electron chi connectivity index (χ4n) is 2.78. The number of nitrogens with one attached hydrogen (secondary N) is 1. The lowest BCUT2D eigenvalue weighted by atomic mass is 10.1. The Morgan fingerprint density at radius 2 is 2.04 bits per heavy atom. The van der Waals surface area contributed by atoms with Crippen LogP contribution in [0.3, 0.4) is 0 Å². The van der Waals surface area contributed by atoms with E-state index in [-0.39, 0.29) is 16.5 Å². The molecule has 1 fully saturated rings. The number of anilines is 2. The molecule has 2 aromatic rings. The summed E-state index contributed by atoms with van der Waals surface area (Å²) in [7, 11) is 0. The van der Waals surface area contributed by atoms with Crippen LogP contribution in [0.2, 0.25) is 5.02 Å². The summed E-state index contributed by atoms with van der Waals surface area (Å²) in [6.45, 7) is 4.04. The summed E-state index contributed by atoms with van der Waals surface area (Å²) < 4.78 is 1.83. The smallest absolute Gasteiger partial charge is 0.313 e. The number of hydrogen-bond donors (Lipinski definition) is 1. The van der Waals surface area contributed by atoms with Gasteiger partial charge in [-0.2, -0.15) is 5.10 Å². The van der Waals surface area contributed by atoms with Gasteiger partial charge in [-0.1, -0.05) is 18.0 Å². The summed E-state index contributed by atoms with van der Waals surface area (Å²) in [4.78, 5) is 17.0. The maximum atomic E-state index is 11.1. The molecule has 0 spiro atoms. The molecule has 2 aromatic heterocycles. The number of piperidine rings is 1. The number of rotatable bonds is 6. The molecule has 9 heteroatoms. The fourth-order valence-corrected chi connectivity index (χ4v) is 2.93. The van der Waals surface area contributed by atoms with Gasteiger partial charge in [-0.15, -0.1) is 0 Å². The molecule has 3 heterocycles. The number of aromatic nitrogens is 3. The third-order valence-corrected chi connectivity index (χ3v) is 4.23. The highest BCUT2D eigenvalue weighted by Crippen LogP contribution is 2.27. The summed E-state index contributed by atoms with van der Waals surface area (Å²) in [5.74, 6) is 0.153. The van der Waals surface area contributed by atoms with E-state index in [9.17, 15) is 10.1 Å². The minimum Gasteiger partial charge on any atom is -0.332 e. The highest BCUT2D eigenvalue weighted by atomic mass is 35.5. The zero-order chi connectivity index (χ0) is 16.9. The molecule has 0 aromatic carbocycles. The number of pyridine rings is 1. The van der Waals surface area contributed by atoms with E-state index in [1.165, 1.54) is 31.5 Å². The van der Waals surface area contributed by atoms with Crippen LogP contribution in [0.15, 0.2) is 24.7 Å². The van der Waals surface area contributed by atoms with Crippen LogP contribution in [-0.2, 0) is 6.54 Å². The number of nitrogens with zero attached hydrogens (tertiary/aromatic N) is 5. The van der Waals surface area contributed by atoms with Crippen molar-refractivity contribution in [1.82, 2.24) is 19.7 Å². The van der Waals surface area contributed by atoms with Crippen molar-refractivity contribution >= 4 is 28.8 Å². The van der Waals surface area contributed by atoms with Gasteiger partial charge in [0, 0.05) is 25.0 Å². The van der Waals surface area contributed by atoms with Crippen LogP contribution in [0.1, 0.15) is 19.3 Å². The van der Waals surface area contributed by atoms with Crippen LogP contribution in [-0.4, -0.2) is 44.2 Å². The number of halogens is 1. The molecule has 24 heavy (non-hydrogen) atoms. The molecule has 8 nitrogen and oxygen atoms in total. The second-order valence-corrected chi connectivity index (χ2v) is 6.23. The molecule has 0 atom stereocenters. The van der Waals surface area contributed by atoms with Crippen LogP contribution in [0.5, 0.6) is 0 Å². The third-order valence-electron chi connectivity index (χ3n) is 4.02. The van der Waals surface area contributed by atoms with Crippen LogP contribution >= 0.6 is 11.6 Å². The van der Waals surface area contributed by atoms with Gasteiger partial charge in [-0.05, 0) is 25.9 Å². The highest BCUT2D eigenvalue weighted by Gasteiger charge is 2.17. The second kappa shape index (κ2) is 7.59. The van der Waals surface area contributed by atoms with E-state index < -0.39 is 4.92 Å². The maximum absolute atomic E-state index is 11.1. The van der Waals surface area contributed by atoms with E-state index in [1.807, 2.05) is 10.9 Å². The average molecular weight is 351 g/mol. The number of likely N-dealkylation sites (tertiary alicyclic amines) is 1. The van der Waals surface area contributed by atoms with Gasteiger partial charge in [0.1, 0.15) is 0 Å². The van der Waals surface area contributed by atoms with E-state index in [2.05, 4.69) is 20.3 Å². The Kier molecular flexibility index (Phi) is 5.27. The monoisotopic (exact) mass is 350 g/mol. The lowest BCUT2D eigenvalue weighted by molar-refractivity contribution is -0.384. The maximum Gasteiger partial charge on any atom is 0.313 e. The number of nitro groups is 1. The standard InChI is InChI=1S/C15H19ClN6O2/c16-12-8-14(22(23)24)15(17-9-12)19-13-10-18-21(11-13)7-6-20-4-2-1-3-5-20/h8-11H,1-7H2,(H,17,19). The first kappa shape index (κ1) is 16.7. The van der Waals surface area contributed by atoms with Crippen LogP contribution in [0, 0.1) is 10.1 Å². The summed E-state index contributed by atoms with van der Waals surface area (Å²) >= 11 is 5.77. The Morgan fingerprint density at radius 1 is 1.25 bits per heavy atom. The van der Waals surface area contributed by atoms with Gasteiger partial charge >= 0.3 is 5.69 Å². The Bertz CT molecular complexity index is 714. The first-order chi connectivity index (χ1) is 11.6. The zero-order valence-corrected chi connectivity index (χ0v) is 13.9. The van der Waals surface area contributed by atoms with Crippen LogP contribution < -0.4 is 5.32 Å². The topological polar surface area (TPSA) is 89.1 Å². The van der Waals surface area contributed by atoms with Gasteiger partial charge in [-0.3, -0.25) is 14.8 Å². The van der Waals surface area contributed by atoms with Gasteiger partial charge in [0.2, 0.25) is 5.82 Å². The molecule has 0 bridgehead atoms. The first-order valence-corrected chi connectivity index (χ1v) is 8.31. The average Bonchev–Trinajstić information content (AvgIpc) is 3.03. The molecule has 0 aliphatic carbocycles. The van der Waals surface area contributed by atoms with E-state index >= 15 is 0 Å². The van der Waals surface area contributed by atoms with Crippen molar-refractivity contribution < 1.29 is 4.92 Å². The molecular formula is C15H19ClN6O2. The van der Waals surface area contributed by atoms with Crippen LogP contribution in [0.4, 0.5) is 17.2 Å². The molecule has 128 valence electrons. The summed E-state index contributed by atoms with van der Waals surface area (Å²) in [5.41, 5.74) is 0.495. The normalized spacial score (nSPS) is 15.4. The van der Waals surface area contributed by atoms with Crippen molar-refractivity contribution in [1.29, 1.82) is 0 Å². The summed E-state index contributed by atoms with van der Waals surface area (Å²) in [5, 5.41) is 18.5. The lowest BCUT2D eigenvalue weighted by Gasteiger charge is -2.26. The minimum atomic E-state index is -0.512. The lowest BCUT2D eigenvalue weighted by Crippen LogP contribution is -2.32. The molecule has 0 saturated carbocycles. The molecule has 1 N–H and O–H groups in total. The van der Waals surface area contributed by atoms with Gasteiger partial charge in [-0.25, -0.2) is 4.98 Å². The second-order valence-electron chi connectivity index (χ2n) is 5.80. The Labute approximate surface area is 144 Å². The van der Waals surface area contributed by atoms with E-state index in [0.717, 1.165) is 26.2 Å². The van der Waals surface area contributed by atoms with Gasteiger partial charge < -0.3 is 10.2 Å². The Hall–Kier alpha value is -2.19. The molecule has 1 aliphatic heterocycles. The first-order valence-electron chi connectivity index (χ1n) is 7.93. The summed E-state index contributed by atoms with van der Waals surface area (Å²) in [6, 6.07) is 1.28. The summed E-state index contributed by atoms with van der Waals surface area (Å²) in [6.07, 6.45) is 8.67. The number of hydrogen-bond acceptors (Lipinski definition) is 6. The van der Waals surface area contributed by atoms with Crippen molar-refractivity contribution in [3.8, 4) is 0 Å². The molecule has 0 amide bonds.